The van der Waals surface area contributed by atoms with Crippen LogP contribution in [0.25, 0.3) is 0 Å². The van der Waals surface area contributed by atoms with Crippen LogP contribution in [0.1, 0.15) is 38.4 Å². The predicted molar refractivity (Wildman–Crippen MR) is 70.9 cm³/mol. The Bertz CT molecular complexity index is 482. The molecule has 0 amide bonds. The van der Waals surface area contributed by atoms with Crippen molar-refractivity contribution >= 4 is 16.8 Å². The van der Waals surface area contributed by atoms with E-state index in [1.54, 1.807) is 4.68 Å². The Hall–Kier alpha value is -1.24. The summed E-state index contributed by atoms with van der Waals surface area (Å²) in [6, 6.07) is 0. The van der Waals surface area contributed by atoms with Gasteiger partial charge in [0.25, 0.3) is 0 Å². The number of nitrogens with zero attached hydrogens (tertiary/aromatic N) is 3. The first-order valence-corrected chi connectivity index (χ1v) is 7.97. The van der Waals surface area contributed by atoms with Crippen LogP contribution in [0.3, 0.4) is 0 Å². The van der Waals surface area contributed by atoms with Gasteiger partial charge in [-0.3, -0.25) is 9.00 Å². The van der Waals surface area contributed by atoms with Gasteiger partial charge in [-0.15, -0.1) is 0 Å². The SMILES string of the molecule is CCCn1ncnc1CS(=O)CC1(CC(=O)O)CC1. The van der Waals surface area contributed by atoms with E-state index < -0.39 is 16.8 Å². The van der Waals surface area contributed by atoms with Gasteiger partial charge in [-0.25, -0.2) is 9.67 Å². The van der Waals surface area contributed by atoms with Gasteiger partial charge >= 0.3 is 5.97 Å². The van der Waals surface area contributed by atoms with E-state index >= 15 is 0 Å². The largest absolute Gasteiger partial charge is 0.481 e. The van der Waals surface area contributed by atoms with Gasteiger partial charge in [0.05, 0.1) is 12.2 Å². The second kappa shape index (κ2) is 5.81. The fourth-order valence-electron chi connectivity index (χ4n) is 2.20. The van der Waals surface area contributed by atoms with E-state index in [0.717, 1.165) is 31.6 Å². The molecule has 6 nitrogen and oxygen atoms in total. The van der Waals surface area contributed by atoms with Gasteiger partial charge in [0.2, 0.25) is 0 Å². The zero-order valence-electron chi connectivity index (χ0n) is 11.0. The Labute approximate surface area is 114 Å². The molecule has 0 saturated heterocycles. The Balaban J connectivity index is 1.91. The molecule has 106 valence electrons. The topological polar surface area (TPSA) is 85.1 Å². The van der Waals surface area contributed by atoms with Crippen molar-refractivity contribution < 1.29 is 14.1 Å². The predicted octanol–water partition coefficient (Wildman–Crippen LogP) is 1.19. The number of hydrogen-bond acceptors (Lipinski definition) is 4. The zero-order chi connectivity index (χ0) is 13.9. The van der Waals surface area contributed by atoms with E-state index in [1.165, 1.54) is 6.33 Å². The van der Waals surface area contributed by atoms with Crippen LogP contribution in [0.4, 0.5) is 0 Å². The minimum atomic E-state index is -1.07. The summed E-state index contributed by atoms with van der Waals surface area (Å²) in [6.45, 7) is 2.82. The van der Waals surface area contributed by atoms with E-state index in [1.807, 2.05) is 0 Å². The molecular weight excluding hydrogens is 266 g/mol. The van der Waals surface area contributed by atoms with Crippen LogP contribution >= 0.6 is 0 Å². The highest BCUT2D eigenvalue weighted by atomic mass is 32.2. The number of rotatable bonds is 8. The van der Waals surface area contributed by atoms with Gasteiger partial charge in [-0.1, -0.05) is 6.92 Å². The molecule has 1 unspecified atom stereocenters. The van der Waals surface area contributed by atoms with Crippen LogP contribution in [0.15, 0.2) is 6.33 Å². The number of carboxylic acids is 1. The summed E-state index contributed by atoms with van der Waals surface area (Å²) in [7, 11) is -1.07. The highest BCUT2D eigenvalue weighted by Crippen LogP contribution is 2.49. The van der Waals surface area contributed by atoms with E-state index in [2.05, 4.69) is 17.0 Å². The summed E-state index contributed by atoms with van der Waals surface area (Å²) < 4.78 is 13.9. The van der Waals surface area contributed by atoms with Crippen LogP contribution in [0, 0.1) is 5.41 Å². The van der Waals surface area contributed by atoms with Gasteiger partial charge in [-0.05, 0) is 24.7 Å². The summed E-state index contributed by atoms with van der Waals surface area (Å²) in [5.41, 5.74) is -0.230. The van der Waals surface area contributed by atoms with Crippen molar-refractivity contribution in [2.75, 3.05) is 5.75 Å². The third-order valence-corrected chi connectivity index (χ3v) is 4.89. The summed E-state index contributed by atoms with van der Waals surface area (Å²) in [6.07, 6.45) is 4.29. The molecule has 1 aliphatic rings. The van der Waals surface area contributed by atoms with Crippen molar-refractivity contribution in [1.29, 1.82) is 0 Å². The van der Waals surface area contributed by atoms with Crippen molar-refractivity contribution in [3.05, 3.63) is 12.2 Å². The molecule has 1 atom stereocenters. The molecule has 0 aliphatic heterocycles. The Kier molecular flexibility index (Phi) is 4.34. The zero-order valence-corrected chi connectivity index (χ0v) is 11.9. The summed E-state index contributed by atoms with van der Waals surface area (Å²) in [4.78, 5) is 14.9. The second-order valence-electron chi connectivity index (χ2n) is 5.20. The Morgan fingerprint density at radius 2 is 2.32 bits per heavy atom. The van der Waals surface area contributed by atoms with Gasteiger partial charge in [0.1, 0.15) is 12.2 Å². The first-order valence-electron chi connectivity index (χ1n) is 6.48. The van der Waals surface area contributed by atoms with Gasteiger partial charge < -0.3 is 5.11 Å². The average Bonchev–Trinajstić information content (AvgIpc) is 2.90. The molecule has 1 aliphatic carbocycles. The number of aryl methyl sites for hydroxylation is 1. The molecule has 1 aromatic rings. The maximum Gasteiger partial charge on any atom is 0.303 e. The van der Waals surface area contributed by atoms with Crippen molar-refractivity contribution in [2.45, 2.75) is 44.9 Å². The molecule has 0 bridgehead atoms. The fraction of sp³-hybridized carbons (Fsp3) is 0.750. The lowest BCUT2D eigenvalue weighted by Crippen LogP contribution is -2.19. The number of carboxylic acid groups (broad SMARTS) is 1. The van der Waals surface area contributed by atoms with Crippen LogP contribution in [0.5, 0.6) is 0 Å². The molecule has 1 saturated carbocycles. The van der Waals surface area contributed by atoms with E-state index in [4.69, 9.17) is 5.11 Å². The minimum Gasteiger partial charge on any atom is -0.481 e. The Morgan fingerprint density at radius 3 is 2.89 bits per heavy atom. The summed E-state index contributed by atoms with van der Waals surface area (Å²) in [5.74, 6) is 0.745. The molecular formula is C12H19N3O3S. The summed E-state index contributed by atoms with van der Waals surface area (Å²) >= 11 is 0. The van der Waals surface area contributed by atoms with E-state index in [9.17, 15) is 9.00 Å². The molecule has 1 fully saturated rings. The first kappa shape index (κ1) is 14.2. The van der Waals surface area contributed by atoms with Crippen molar-refractivity contribution in [1.82, 2.24) is 14.8 Å². The maximum atomic E-state index is 12.1. The average molecular weight is 285 g/mol. The molecule has 1 N–H and O–H groups in total. The van der Waals surface area contributed by atoms with Crippen LogP contribution in [0.2, 0.25) is 0 Å². The number of carbonyl (C=O) groups is 1. The highest BCUT2D eigenvalue weighted by Gasteiger charge is 2.45. The fourth-order valence-corrected chi connectivity index (χ4v) is 3.89. The van der Waals surface area contributed by atoms with E-state index in [-0.39, 0.29) is 11.8 Å². The van der Waals surface area contributed by atoms with Gasteiger partial charge in [0.15, 0.2) is 0 Å². The quantitative estimate of drug-likeness (QED) is 0.775. The molecule has 7 heteroatoms. The van der Waals surface area contributed by atoms with Crippen molar-refractivity contribution in [2.24, 2.45) is 5.41 Å². The van der Waals surface area contributed by atoms with Crippen molar-refractivity contribution in [3.8, 4) is 0 Å². The number of hydrogen-bond donors (Lipinski definition) is 1. The lowest BCUT2D eigenvalue weighted by molar-refractivity contribution is -0.138. The maximum absolute atomic E-state index is 12.1. The lowest BCUT2D eigenvalue weighted by atomic mass is 10.1. The molecule has 19 heavy (non-hydrogen) atoms. The minimum absolute atomic E-state index is 0.125. The molecule has 0 radical (unpaired) electrons. The number of aliphatic carboxylic acids is 1. The second-order valence-corrected chi connectivity index (χ2v) is 6.66. The Morgan fingerprint density at radius 1 is 1.58 bits per heavy atom. The number of aromatic nitrogens is 3. The van der Waals surface area contributed by atoms with Gasteiger partial charge in [-0.2, -0.15) is 5.10 Å². The smallest absolute Gasteiger partial charge is 0.303 e. The molecule has 2 rings (SSSR count). The third kappa shape index (κ3) is 3.86. The third-order valence-electron chi connectivity index (χ3n) is 3.37. The standard InChI is InChI=1S/C12H19N3O3S/c1-2-5-15-10(13-9-14-15)7-19(18)8-12(3-4-12)6-11(16)17/h9H,2-8H2,1H3,(H,16,17). The normalized spacial score (nSPS) is 18.2. The molecule has 0 spiro atoms. The highest BCUT2D eigenvalue weighted by molar-refractivity contribution is 7.84. The monoisotopic (exact) mass is 285 g/mol. The molecule has 1 aromatic heterocycles. The van der Waals surface area contributed by atoms with Gasteiger partial charge in [0, 0.05) is 23.1 Å². The van der Waals surface area contributed by atoms with Crippen molar-refractivity contribution in [3.63, 3.8) is 0 Å². The van der Waals surface area contributed by atoms with Crippen LogP contribution < -0.4 is 0 Å². The van der Waals surface area contributed by atoms with Crippen LogP contribution in [-0.4, -0.2) is 35.8 Å². The first-order chi connectivity index (χ1) is 9.04. The lowest BCUT2D eigenvalue weighted by Gasteiger charge is -2.11. The van der Waals surface area contributed by atoms with E-state index in [0.29, 0.717) is 11.5 Å². The molecule has 0 aromatic carbocycles. The summed E-state index contributed by atoms with van der Waals surface area (Å²) in [5, 5.41) is 12.9. The van der Waals surface area contributed by atoms with Crippen LogP contribution in [-0.2, 0) is 27.9 Å². The molecule has 1 heterocycles.